The first-order valence-electron chi connectivity index (χ1n) is 6.30. The Balaban J connectivity index is 2.42. The molecule has 3 nitrogen and oxygen atoms in total. The Morgan fingerprint density at radius 2 is 1.52 bits per heavy atom. The maximum Gasteiger partial charge on any atom is 0.161 e. The van der Waals surface area contributed by atoms with E-state index in [0.717, 1.165) is 21.3 Å². The van der Waals surface area contributed by atoms with Gasteiger partial charge in [0.05, 0.1) is 26.7 Å². The molecule has 1 unspecified atom stereocenters. The van der Waals surface area contributed by atoms with Gasteiger partial charge in [0.15, 0.2) is 11.5 Å². The monoisotopic (exact) mass is 370 g/mol. The Kier molecular flexibility index (Phi) is 5.37. The molecule has 2 aromatic rings. The fourth-order valence-electron chi connectivity index (χ4n) is 2.08. The molecule has 2 aromatic carbocycles. The van der Waals surface area contributed by atoms with E-state index in [1.807, 2.05) is 36.4 Å². The third kappa shape index (κ3) is 3.44. The van der Waals surface area contributed by atoms with Gasteiger partial charge in [0.25, 0.3) is 0 Å². The zero-order valence-corrected chi connectivity index (χ0v) is 14.4. The van der Waals surface area contributed by atoms with Crippen LogP contribution in [0.1, 0.15) is 16.5 Å². The van der Waals surface area contributed by atoms with Gasteiger partial charge in [-0.05, 0) is 29.8 Å². The summed E-state index contributed by atoms with van der Waals surface area (Å²) in [5.74, 6) is 2.06. The highest BCUT2D eigenvalue weighted by Gasteiger charge is 2.18. The molecule has 0 aromatic heterocycles. The minimum atomic E-state index is -0.340. The normalized spacial score (nSPS) is 11.9. The quantitative estimate of drug-likeness (QED) is 0.706. The smallest absolute Gasteiger partial charge is 0.161 e. The number of hydrogen-bond donors (Lipinski definition) is 0. The van der Waals surface area contributed by atoms with Crippen molar-refractivity contribution in [3.8, 4) is 17.2 Å². The molecule has 21 heavy (non-hydrogen) atoms. The highest BCUT2D eigenvalue weighted by atomic mass is 79.9. The van der Waals surface area contributed by atoms with Gasteiger partial charge in [-0.1, -0.05) is 28.1 Å². The molecule has 0 saturated carbocycles. The fourth-order valence-corrected chi connectivity index (χ4v) is 2.74. The van der Waals surface area contributed by atoms with Crippen molar-refractivity contribution in [1.29, 1.82) is 0 Å². The van der Waals surface area contributed by atoms with Gasteiger partial charge in [0.2, 0.25) is 0 Å². The van der Waals surface area contributed by atoms with Gasteiger partial charge in [-0.2, -0.15) is 0 Å². The predicted molar refractivity (Wildman–Crippen MR) is 87.9 cm³/mol. The number of hydrogen-bond acceptors (Lipinski definition) is 3. The van der Waals surface area contributed by atoms with Crippen LogP contribution in [0.25, 0.3) is 0 Å². The lowest BCUT2D eigenvalue weighted by Crippen LogP contribution is -1.99. The van der Waals surface area contributed by atoms with Crippen LogP contribution in [0.5, 0.6) is 17.2 Å². The standard InChI is InChI=1S/C16H16BrClO3/c1-19-13-7-4-10(8-15(13)21-3)16(18)12-6-5-11(17)9-14(12)20-2/h4-9,16H,1-3H3. The summed E-state index contributed by atoms with van der Waals surface area (Å²) in [7, 11) is 4.84. The van der Waals surface area contributed by atoms with Crippen molar-refractivity contribution < 1.29 is 14.2 Å². The summed E-state index contributed by atoms with van der Waals surface area (Å²) in [6.07, 6.45) is 0. The van der Waals surface area contributed by atoms with Crippen molar-refractivity contribution in [3.05, 3.63) is 52.0 Å². The first kappa shape index (κ1) is 16.0. The zero-order valence-electron chi connectivity index (χ0n) is 12.0. The molecule has 0 saturated heterocycles. The van der Waals surface area contributed by atoms with Crippen LogP contribution in [0.15, 0.2) is 40.9 Å². The van der Waals surface area contributed by atoms with Crippen LogP contribution in [-0.2, 0) is 0 Å². The summed E-state index contributed by atoms with van der Waals surface area (Å²) >= 11 is 10.0. The SMILES string of the molecule is COc1ccc(C(Cl)c2ccc(Br)cc2OC)cc1OC. The Morgan fingerprint density at radius 3 is 2.14 bits per heavy atom. The third-order valence-corrected chi connectivity index (χ3v) is 4.15. The second-order valence-corrected chi connectivity index (χ2v) is 5.72. The summed E-state index contributed by atoms with van der Waals surface area (Å²) in [4.78, 5) is 0. The van der Waals surface area contributed by atoms with Gasteiger partial charge in [-0.3, -0.25) is 0 Å². The van der Waals surface area contributed by atoms with Gasteiger partial charge >= 0.3 is 0 Å². The molecule has 0 aliphatic rings. The molecule has 0 radical (unpaired) electrons. The lowest BCUT2D eigenvalue weighted by Gasteiger charge is -2.16. The van der Waals surface area contributed by atoms with E-state index in [4.69, 9.17) is 25.8 Å². The largest absolute Gasteiger partial charge is 0.496 e. The van der Waals surface area contributed by atoms with Crippen molar-refractivity contribution in [2.45, 2.75) is 5.38 Å². The maximum absolute atomic E-state index is 6.60. The summed E-state index contributed by atoms with van der Waals surface area (Å²) < 4.78 is 16.9. The molecule has 0 N–H and O–H groups in total. The second-order valence-electron chi connectivity index (χ2n) is 4.36. The van der Waals surface area contributed by atoms with Gasteiger partial charge < -0.3 is 14.2 Å². The van der Waals surface area contributed by atoms with E-state index in [9.17, 15) is 0 Å². The maximum atomic E-state index is 6.60. The van der Waals surface area contributed by atoms with E-state index in [1.165, 1.54) is 0 Å². The lowest BCUT2D eigenvalue weighted by molar-refractivity contribution is 0.354. The van der Waals surface area contributed by atoms with E-state index >= 15 is 0 Å². The molecule has 0 fully saturated rings. The van der Waals surface area contributed by atoms with E-state index in [2.05, 4.69) is 15.9 Å². The number of halogens is 2. The van der Waals surface area contributed by atoms with E-state index in [1.54, 1.807) is 21.3 Å². The summed E-state index contributed by atoms with van der Waals surface area (Å²) in [5, 5.41) is -0.340. The molecule has 0 bridgehead atoms. The summed E-state index contributed by atoms with van der Waals surface area (Å²) in [5.41, 5.74) is 1.81. The Hall–Kier alpha value is -1.39. The molecule has 0 aliphatic heterocycles. The highest BCUT2D eigenvalue weighted by Crippen LogP contribution is 2.39. The molecule has 112 valence electrons. The van der Waals surface area contributed by atoms with Crippen LogP contribution >= 0.6 is 27.5 Å². The third-order valence-electron chi connectivity index (χ3n) is 3.17. The first-order valence-corrected chi connectivity index (χ1v) is 7.53. The molecular weight excluding hydrogens is 356 g/mol. The summed E-state index contributed by atoms with van der Waals surface area (Å²) in [6.45, 7) is 0. The molecule has 0 heterocycles. The average Bonchev–Trinajstić information content (AvgIpc) is 2.53. The van der Waals surface area contributed by atoms with Crippen molar-refractivity contribution in [1.82, 2.24) is 0 Å². The van der Waals surface area contributed by atoms with Crippen LogP contribution in [0.2, 0.25) is 0 Å². The van der Waals surface area contributed by atoms with E-state index < -0.39 is 0 Å². The molecular formula is C16H16BrClO3. The molecule has 1 atom stereocenters. The number of benzene rings is 2. The highest BCUT2D eigenvalue weighted by molar-refractivity contribution is 9.10. The number of rotatable bonds is 5. The van der Waals surface area contributed by atoms with Gasteiger partial charge in [-0.15, -0.1) is 11.6 Å². The Morgan fingerprint density at radius 1 is 0.857 bits per heavy atom. The summed E-state index contributed by atoms with van der Waals surface area (Å²) in [6, 6.07) is 11.4. The van der Waals surface area contributed by atoms with Crippen LogP contribution in [0, 0.1) is 0 Å². The lowest BCUT2D eigenvalue weighted by atomic mass is 10.0. The van der Waals surface area contributed by atoms with Crippen molar-refractivity contribution in [2.24, 2.45) is 0 Å². The van der Waals surface area contributed by atoms with Crippen molar-refractivity contribution in [3.63, 3.8) is 0 Å². The molecule has 5 heteroatoms. The Labute approximate surface area is 137 Å². The molecule has 0 amide bonds. The van der Waals surface area contributed by atoms with Gasteiger partial charge in [0, 0.05) is 10.0 Å². The first-order chi connectivity index (χ1) is 10.1. The number of alkyl halides is 1. The minimum Gasteiger partial charge on any atom is -0.496 e. The topological polar surface area (TPSA) is 27.7 Å². The molecule has 0 spiro atoms. The van der Waals surface area contributed by atoms with Gasteiger partial charge in [-0.25, -0.2) is 0 Å². The average molecular weight is 372 g/mol. The van der Waals surface area contributed by atoms with Crippen molar-refractivity contribution in [2.75, 3.05) is 21.3 Å². The predicted octanol–water partition coefficient (Wildman–Crippen LogP) is 4.80. The fraction of sp³-hybridized carbons (Fsp3) is 0.250. The second kappa shape index (κ2) is 7.05. The zero-order chi connectivity index (χ0) is 15.4. The number of ether oxygens (including phenoxy) is 3. The van der Waals surface area contributed by atoms with E-state index in [-0.39, 0.29) is 5.38 Å². The van der Waals surface area contributed by atoms with Crippen LogP contribution in [0.4, 0.5) is 0 Å². The van der Waals surface area contributed by atoms with Gasteiger partial charge in [0.1, 0.15) is 5.75 Å². The van der Waals surface area contributed by atoms with E-state index in [0.29, 0.717) is 11.5 Å². The minimum absolute atomic E-state index is 0.340. The molecule has 0 aliphatic carbocycles. The molecule has 2 rings (SSSR count). The Bertz CT molecular complexity index is 631. The van der Waals surface area contributed by atoms with Crippen molar-refractivity contribution >= 4 is 27.5 Å². The van der Waals surface area contributed by atoms with Crippen LogP contribution < -0.4 is 14.2 Å². The van der Waals surface area contributed by atoms with Crippen LogP contribution in [0.3, 0.4) is 0 Å². The van der Waals surface area contributed by atoms with Crippen LogP contribution in [-0.4, -0.2) is 21.3 Å². The number of methoxy groups -OCH3 is 3.